The summed E-state index contributed by atoms with van der Waals surface area (Å²) in [7, 11) is 0. The molecule has 82 valence electrons. The summed E-state index contributed by atoms with van der Waals surface area (Å²) >= 11 is 0. The zero-order chi connectivity index (χ0) is 10.9. The van der Waals surface area contributed by atoms with Crippen LogP contribution in [-0.2, 0) is 0 Å². The molecule has 1 heterocycles. The molecule has 1 fully saturated rings. The molecule has 0 spiro atoms. The number of aromatic nitrogens is 2. The van der Waals surface area contributed by atoms with Crippen LogP contribution in [0, 0.1) is 5.41 Å². The summed E-state index contributed by atoms with van der Waals surface area (Å²) in [4.78, 5) is 17.9. The molecule has 0 amide bonds. The van der Waals surface area contributed by atoms with Gasteiger partial charge in [0.1, 0.15) is 5.82 Å². The van der Waals surface area contributed by atoms with Crippen molar-refractivity contribution in [3.63, 3.8) is 0 Å². The number of nitrogens with one attached hydrogen (secondary N) is 1. The Labute approximate surface area is 90.3 Å². The minimum atomic E-state index is 0.483. The fourth-order valence-electron chi connectivity index (χ4n) is 2.29. The smallest absolute Gasteiger partial charge is 0.167 e. The van der Waals surface area contributed by atoms with Crippen molar-refractivity contribution in [3.8, 4) is 0 Å². The number of imidazole rings is 1. The van der Waals surface area contributed by atoms with Gasteiger partial charge in [-0.25, -0.2) is 4.98 Å². The van der Waals surface area contributed by atoms with E-state index in [1.165, 1.54) is 25.7 Å². The van der Waals surface area contributed by atoms with E-state index in [0.717, 1.165) is 12.1 Å². The van der Waals surface area contributed by atoms with Crippen molar-refractivity contribution < 1.29 is 4.79 Å². The molecule has 0 saturated heterocycles. The van der Waals surface area contributed by atoms with E-state index in [9.17, 15) is 4.79 Å². The molecule has 1 N–H and O–H groups in total. The first-order chi connectivity index (χ1) is 7.11. The lowest BCUT2D eigenvalue weighted by molar-refractivity contribution is 0.111. The van der Waals surface area contributed by atoms with Gasteiger partial charge < -0.3 is 4.98 Å². The molecule has 1 aliphatic carbocycles. The van der Waals surface area contributed by atoms with Crippen molar-refractivity contribution in [1.29, 1.82) is 0 Å². The van der Waals surface area contributed by atoms with Gasteiger partial charge in [-0.3, -0.25) is 4.79 Å². The molecule has 3 nitrogen and oxygen atoms in total. The number of rotatable bonds is 2. The number of H-pyrrole nitrogens is 1. The normalized spacial score (nSPS) is 21.5. The average molecular weight is 206 g/mol. The third-order valence-electron chi connectivity index (χ3n) is 3.47. The largest absolute Gasteiger partial charge is 0.340 e. The number of aldehydes is 1. The highest BCUT2D eigenvalue weighted by Crippen LogP contribution is 2.41. The van der Waals surface area contributed by atoms with Crippen LogP contribution in [0.5, 0.6) is 0 Å². The lowest BCUT2D eigenvalue weighted by Gasteiger charge is -2.33. The van der Waals surface area contributed by atoms with Crippen molar-refractivity contribution in [2.45, 2.75) is 45.4 Å². The number of aromatic amines is 1. The summed E-state index contributed by atoms with van der Waals surface area (Å²) in [5.74, 6) is 1.51. The Morgan fingerprint density at radius 1 is 1.47 bits per heavy atom. The predicted octanol–water partition coefficient (Wildman–Crippen LogP) is 2.91. The van der Waals surface area contributed by atoms with E-state index in [1.54, 1.807) is 6.20 Å². The van der Waals surface area contributed by atoms with Gasteiger partial charge in [0.05, 0.1) is 11.9 Å². The molecule has 0 unspecified atom stereocenters. The molecule has 2 rings (SSSR count). The zero-order valence-corrected chi connectivity index (χ0v) is 9.42. The topological polar surface area (TPSA) is 45.8 Å². The Balaban J connectivity index is 2.04. The summed E-state index contributed by atoms with van der Waals surface area (Å²) < 4.78 is 0. The van der Waals surface area contributed by atoms with Gasteiger partial charge in [0.2, 0.25) is 0 Å². The molecule has 15 heavy (non-hydrogen) atoms. The molecule has 1 aromatic rings. The molecule has 0 aromatic carbocycles. The molecule has 3 heteroatoms. The third kappa shape index (κ3) is 2.28. The maximum atomic E-state index is 10.5. The molecule has 0 atom stereocenters. The fourth-order valence-corrected chi connectivity index (χ4v) is 2.29. The van der Waals surface area contributed by atoms with Gasteiger partial charge in [-0.05, 0) is 31.1 Å². The quantitative estimate of drug-likeness (QED) is 0.756. The molecular weight excluding hydrogens is 188 g/mol. The van der Waals surface area contributed by atoms with Crippen LogP contribution in [0.25, 0.3) is 0 Å². The number of nitrogens with zero attached hydrogens (tertiary/aromatic N) is 1. The first kappa shape index (κ1) is 10.4. The molecule has 0 radical (unpaired) electrons. The Kier molecular flexibility index (Phi) is 2.63. The summed E-state index contributed by atoms with van der Waals surface area (Å²) in [6.07, 6.45) is 7.30. The van der Waals surface area contributed by atoms with Gasteiger partial charge >= 0.3 is 0 Å². The van der Waals surface area contributed by atoms with Crippen molar-refractivity contribution in [2.24, 2.45) is 5.41 Å². The van der Waals surface area contributed by atoms with Gasteiger partial charge in [0, 0.05) is 5.92 Å². The maximum absolute atomic E-state index is 10.5. The second-order valence-corrected chi connectivity index (χ2v) is 5.28. The van der Waals surface area contributed by atoms with Gasteiger partial charge in [0.25, 0.3) is 0 Å². The standard InChI is InChI=1S/C12H18N2O/c1-12(2)5-3-9(4-6-12)11-13-7-10(8-15)14-11/h7-9H,3-6H2,1-2H3,(H,13,14). The van der Waals surface area contributed by atoms with Gasteiger partial charge in [-0.2, -0.15) is 0 Å². The number of carbonyl (C=O) groups is 1. The first-order valence-corrected chi connectivity index (χ1v) is 5.61. The Morgan fingerprint density at radius 2 is 2.13 bits per heavy atom. The number of hydrogen-bond donors (Lipinski definition) is 1. The van der Waals surface area contributed by atoms with E-state index in [4.69, 9.17) is 0 Å². The van der Waals surface area contributed by atoms with Crippen LogP contribution in [0.4, 0.5) is 0 Å². The molecular formula is C12H18N2O. The number of carbonyl (C=O) groups excluding carboxylic acids is 1. The Hall–Kier alpha value is -1.12. The molecule has 0 aliphatic heterocycles. The maximum Gasteiger partial charge on any atom is 0.167 e. The van der Waals surface area contributed by atoms with Gasteiger partial charge in [-0.15, -0.1) is 0 Å². The van der Waals surface area contributed by atoms with Gasteiger partial charge in [0.15, 0.2) is 6.29 Å². The van der Waals surface area contributed by atoms with E-state index in [-0.39, 0.29) is 0 Å². The summed E-state index contributed by atoms with van der Waals surface area (Å²) in [6, 6.07) is 0. The second kappa shape index (κ2) is 3.80. The predicted molar refractivity (Wildman–Crippen MR) is 59.0 cm³/mol. The summed E-state index contributed by atoms with van der Waals surface area (Å²) in [5.41, 5.74) is 1.08. The van der Waals surface area contributed by atoms with E-state index in [0.29, 0.717) is 17.0 Å². The van der Waals surface area contributed by atoms with Crippen LogP contribution >= 0.6 is 0 Å². The lowest BCUT2D eigenvalue weighted by atomic mass is 9.73. The molecule has 1 saturated carbocycles. The van der Waals surface area contributed by atoms with Crippen molar-refractivity contribution in [3.05, 3.63) is 17.7 Å². The molecule has 1 aromatic heterocycles. The first-order valence-electron chi connectivity index (χ1n) is 5.61. The minimum absolute atomic E-state index is 0.483. The average Bonchev–Trinajstić information content (AvgIpc) is 2.66. The second-order valence-electron chi connectivity index (χ2n) is 5.28. The van der Waals surface area contributed by atoms with Crippen LogP contribution in [0.2, 0.25) is 0 Å². The van der Waals surface area contributed by atoms with Crippen LogP contribution < -0.4 is 0 Å². The number of hydrogen-bond acceptors (Lipinski definition) is 2. The van der Waals surface area contributed by atoms with Crippen molar-refractivity contribution >= 4 is 6.29 Å². The van der Waals surface area contributed by atoms with E-state index in [1.807, 2.05) is 0 Å². The van der Waals surface area contributed by atoms with E-state index >= 15 is 0 Å². The van der Waals surface area contributed by atoms with E-state index in [2.05, 4.69) is 23.8 Å². The van der Waals surface area contributed by atoms with Crippen molar-refractivity contribution in [2.75, 3.05) is 0 Å². The SMILES string of the molecule is CC1(C)CCC(c2ncc(C=O)[nH]2)CC1. The van der Waals surface area contributed by atoms with E-state index < -0.39 is 0 Å². The monoisotopic (exact) mass is 206 g/mol. The van der Waals surface area contributed by atoms with Crippen LogP contribution in [0.3, 0.4) is 0 Å². The highest BCUT2D eigenvalue weighted by Gasteiger charge is 2.28. The Morgan fingerprint density at radius 3 is 2.67 bits per heavy atom. The van der Waals surface area contributed by atoms with Crippen LogP contribution in [0.15, 0.2) is 6.20 Å². The van der Waals surface area contributed by atoms with Crippen LogP contribution in [0.1, 0.15) is 61.8 Å². The zero-order valence-electron chi connectivity index (χ0n) is 9.42. The highest BCUT2D eigenvalue weighted by molar-refractivity contribution is 5.71. The summed E-state index contributed by atoms with van der Waals surface area (Å²) in [5, 5.41) is 0. The lowest BCUT2D eigenvalue weighted by Crippen LogP contribution is -2.20. The van der Waals surface area contributed by atoms with Crippen molar-refractivity contribution in [1.82, 2.24) is 9.97 Å². The third-order valence-corrected chi connectivity index (χ3v) is 3.47. The molecule has 1 aliphatic rings. The van der Waals surface area contributed by atoms with Crippen LogP contribution in [-0.4, -0.2) is 16.3 Å². The Bertz CT molecular complexity index is 344. The fraction of sp³-hybridized carbons (Fsp3) is 0.667. The highest BCUT2D eigenvalue weighted by atomic mass is 16.1. The minimum Gasteiger partial charge on any atom is -0.340 e. The summed E-state index contributed by atoms with van der Waals surface area (Å²) in [6.45, 7) is 4.64. The van der Waals surface area contributed by atoms with Gasteiger partial charge in [-0.1, -0.05) is 13.8 Å². The molecule has 0 bridgehead atoms.